The maximum absolute atomic E-state index is 11.7. The van der Waals surface area contributed by atoms with Crippen molar-refractivity contribution >= 4 is 5.78 Å². The minimum atomic E-state index is 0.299. The topological polar surface area (TPSA) is 47.8 Å². The molecule has 4 nitrogen and oxygen atoms in total. The molecule has 1 fully saturated rings. The molecule has 1 saturated carbocycles. The highest BCUT2D eigenvalue weighted by Gasteiger charge is 2.16. The largest absolute Gasteiger partial charge is 0.299 e. The van der Waals surface area contributed by atoms with Crippen molar-refractivity contribution in [2.24, 2.45) is 13.0 Å². The first-order valence-electron chi connectivity index (χ1n) is 6.11. The Morgan fingerprint density at radius 3 is 2.88 bits per heavy atom. The first-order chi connectivity index (χ1) is 7.74. The summed E-state index contributed by atoms with van der Waals surface area (Å²) >= 11 is 0. The van der Waals surface area contributed by atoms with Crippen LogP contribution in [0.5, 0.6) is 0 Å². The first-order valence-corrected chi connectivity index (χ1v) is 6.11. The van der Waals surface area contributed by atoms with Crippen molar-refractivity contribution in [1.29, 1.82) is 0 Å². The fraction of sp³-hybridized carbons (Fsp3) is 0.750. The van der Waals surface area contributed by atoms with Gasteiger partial charge in [0.15, 0.2) is 0 Å². The minimum Gasteiger partial charge on any atom is -0.299 e. The first kappa shape index (κ1) is 11.3. The Morgan fingerprint density at radius 2 is 2.25 bits per heavy atom. The molecular weight excluding hydrogens is 202 g/mol. The molecule has 0 amide bonds. The molecule has 1 heterocycles. The number of Topliss-reactive ketones (excluding diaryl/α,β-unsaturated/α-hetero) is 1. The highest BCUT2D eigenvalue weighted by atomic mass is 16.1. The van der Waals surface area contributed by atoms with Gasteiger partial charge >= 0.3 is 0 Å². The van der Waals surface area contributed by atoms with Gasteiger partial charge in [-0.3, -0.25) is 9.48 Å². The molecule has 0 atom stereocenters. The van der Waals surface area contributed by atoms with Crippen LogP contribution in [0.4, 0.5) is 0 Å². The molecule has 0 spiro atoms. The van der Waals surface area contributed by atoms with Crippen molar-refractivity contribution in [3.63, 3.8) is 0 Å². The van der Waals surface area contributed by atoms with Gasteiger partial charge < -0.3 is 0 Å². The van der Waals surface area contributed by atoms with Gasteiger partial charge in [-0.1, -0.05) is 30.9 Å². The normalized spacial score (nSPS) is 16.8. The van der Waals surface area contributed by atoms with Gasteiger partial charge in [0.2, 0.25) is 0 Å². The zero-order valence-electron chi connectivity index (χ0n) is 9.85. The Kier molecular flexibility index (Phi) is 3.70. The van der Waals surface area contributed by atoms with E-state index in [1.807, 2.05) is 13.2 Å². The van der Waals surface area contributed by atoms with Crippen molar-refractivity contribution in [2.45, 2.75) is 44.9 Å². The van der Waals surface area contributed by atoms with Crippen LogP contribution in [-0.2, 0) is 18.3 Å². The number of carbonyl (C=O) groups is 1. The Hall–Kier alpha value is -1.19. The van der Waals surface area contributed by atoms with Gasteiger partial charge in [0, 0.05) is 19.7 Å². The van der Waals surface area contributed by atoms with Gasteiger partial charge in [-0.2, -0.15) is 0 Å². The number of aryl methyl sites for hydroxylation is 1. The lowest BCUT2D eigenvalue weighted by atomic mass is 9.99. The van der Waals surface area contributed by atoms with Crippen molar-refractivity contribution < 1.29 is 4.79 Å². The second-order valence-electron chi connectivity index (χ2n) is 4.79. The van der Waals surface area contributed by atoms with Gasteiger partial charge in [0.05, 0.1) is 12.1 Å². The molecule has 0 N–H and O–H groups in total. The average Bonchev–Trinajstić information content (AvgIpc) is 2.87. The van der Waals surface area contributed by atoms with E-state index in [0.717, 1.165) is 18.0 Å². The SMILES string of the molecule is Cn1cc(CC(=O)CCC2CCCC2)nn1. The number of carbonyl (C=O) groups excluding carboxylic acids is 1. The van der Waals surface area contributed by atoms with Gasteiger partial charge in [0.1, 0.15) is 5.78 Å². The molecule has 0 unspecified atom stereocenters. The molecule has 1 aliphatic rings. The number of hydrogen-bond donors (Lipinski definition) is 0. The number of aromatic nitrogens is 3. The van der Waals surface area contributed by atoms with Crippen LogP contribution in [0.3, 0.4) is 0 Å². The summed E-state index contributed by atoms with van der Waals surface area (Å²) in [6.07, 6.45) is 9.37. The summed E-state index contributed by atoms with van der Waals surface area (Å²) in [4.78, 5) is 11.7. The molecule has 16 heavy (non-hydrogen) atoms. The van der Waals surface area contributed by atoms with Crippen LogP contribution in [0.1, 0.15) is 44.2 Å². The van der Waals surface area contributed by atoms with Gasteiger partial charge in [-0.05, 0) is 12.3 Å². The smallest absolute Gasteiger partial charge is 0.138 e. The maximum Gasteiger partial charge on any atom is 0.138 e. The Balaban J connectivity index is 1.71. The Morgan fingerprint density at radius 1 is 1.50 bits per heavy atom. The van der Waals surface area contributed by atoms with Crippen molar-refractivity contribution in [3.8, 4) is 0 Å². The summed E-state index contributed by atoms with van der Waals surface area (Å²) in [5.74, 6) is 1.10. The zero-order valence-corrected chi connectivity index (χ0v) is 9.85. The fourth-order valence-electron chi connectivity index (χ4n) is 2.43. The molecule has 4 heteroatoms. The molecule has 0 bridgehead atoms. The van der Waals surface area contributed by atoms with Crippen LogP contribution < -0.4 is 0 Å². The third-order valence-electron chi connectivity index (χ3n) is 3.33. The second-order valence-corrected chi connectivity index (χ2v) is 4.79. The molecule has 2 rings (SSSR count). The van der Waals surface area contributed by atoms with E-state index in [1.165, 1.54) is 25.7 Å². The van der Waals surface area contributed by atoms with E-state index >= 15 is 0 Å². The summed E-state index contributed by atoms with van der Waals surface area (Å²) in [5.41, 5.74) is 0.791. The number of hydrogen-bond acceptors (Lipinski definition) is 3. The van der Waals surface area contributed by atoms with Crippen LogP contribution in [0.2, 0.25) is 0 Å². The van der Waals surface area contributed by atoms with Gasteiger partial charge in [-0.25, -0.2) is 0 Å². The monoisotopic (exact) mass is 221 g/mol. The van der Waals surface area contributed by atoms with E-state index in [9.17, 15) is 4.79 Å². The van der Waals surface area contributed by atoms with E-state index in [2.05, 4.69) is 10.3 Å². The van der Waals surface area contributed by atoms with E-state index in [4.69, 9.17) is 0 Å². The molecule has 0 aromatic carbocycles. The van der Waals surface area contributed by atoms with Crippen LogP contribution in [-0.4, -0.2) is 20.8 Å². The quantitative estimate of drug-likeness (QED) is 0.763. The van der Waals surface area contributed by atoms with Crippen LogP contribution in [0, 0.1) is 5.92 Å². The van der Waals surface area contributed by atoms with Crippen LogP contribution in [0.15, 0.2) is 6.20 Å². The maximum atomic E-state index is 11.7. The van der Waals surface area contributed by atoms with E-state index in [0.29, 0.717) is 18.6 Å². The molecule has 0 radical (unpaired) electrons. The molecule has 1 aromatic heterocycles. The Labute approximate surface area is 96.0 Å². The summed E-state index contributed by atoms with van der Waals surface area (Å²) in [6.45, 7) is 0. The van der Waals surface area contributed by atoms with Gasteiger partial charge in [-0.15, -0.1) is 5.10 Å². The summed E-state index contributed by atoms with van der Waals surface area (Å²) in [6, 6.07) is 0. The molecule has 0 aliphatic heterocycles. The van der Waals surface area contributed by atoms with Crippen LogP contribution in [0.25, 0.3) is 0 Å². The number of rotatable bonds is 5. The van der Waals surface area contributed by atoms with Crippen molar-refractivity contribution in [3.05, 3.63) is 11.9 Å². The Bertz CT molecular complexity index is 353. The lowest BCUT2D eigenvalue weighted by Gasteiger charge is -2.06. The third kappa shape index (κ3) is 3.15. The minimum absolute atomic E-state index is 0.299. The lowest BCUT2D eigenvalue weighted by Crippen LogP contribution is -2.05. The summed E-state index contributed by atoms with van der Waals surface area (Å²) in [7, 11) is 1.82. The van der Waals surface area contributed by atoms with Gasteiger partial charge in [0.25, 0.3) is 0 Å². The second kappa shape index (κ2) is 5.23. The van der Waals surface area contributed by atoms with Crippen molar-refractivity contribution in [1.82, 2.24) is 15.0 Å². The molecule has 1 aliphatic carbocycles. The molecular formula is C12H19N3O. The van der Waals surface area contributed by atoms with E-state index in [-0.39, 0.29) is 0 Å². The zero-order chi connectivity index (χ0) is 11.4. The highest BCUT2D eigenvalue weighted by Crippen LogP contribution is 2.28. The molecule has 1 aromatic rings. The van der Waals surface area contributed by atoms with E-state index < -0.39 is 0 Å². The highest BCUT2D eigenvalue weighted by molar-refractivity contribution is 5.80. The van der Waals surface area contributed by atoms with E-state index in [1.54, 1.807) is 4.68 Å². The average molecular weight is 221 g/mol. The lowest BCUT2D eigenvalue weighted by molar-refractivity contribution is -0.118. The number of ketones is 1. The van der Waals surface area contributed by atoms with Crippen LogP contribution >= 0.6 is 0 Å². The summed E-state index contributed by atoms with van der Waals surface area (Å²) < 4.78 is 1.64. The fourth-order valence-corrected chi connectivity index (χ4v) is 2.43. The van der Waals surface area contributed by atoms with Crippen molar-refractivity contribution in [2.75, 3.05) is 0 Å². The predicted molar refractivity (Wildman–Crippen MR) is 60.9 cm³/mol. The molecule has 0 saturated heterocycles. The molecule has 88 valence electrons. The third-order valence-corrected chi connectivity index (χ3v) is 3.33. The number of nitrogens with zero attached hydrogens (tertiary/aromatic N) is 3. The predicted octanol–water partition coefficient (Wildman–Crippen LogP) is 1.90. The summed E-state index contributed by atoms with van der Waals surface area (Å²) in [5, 5.41) is 7.75. The standard InChI is InChI=1S/C12H19N3O/c1-15-9-11(13-14-15)8-12(16)7-6-10-4-2-3-5-10/h9-10H,2-8H2,1H3.